The van der Waals surface area contributed by atoms with E-state index in [1.165, 1.54) is 31.2 Å². The Morgan fingerprint density at radius 1 is 1.20 bits per heavy atom. The Bertz CT molecular complexity index is 371. The minimum Gasteiger partial charge on any atom is -0.497 e. The molecule has 0 spiro atoms. The number of benzene rings is 1. The number of hydrogen-bond acceptors (Lipinski definition) is 3. The maximum atomic E-state index is 6.31. The third-order valence-electron chi connectivity index (χ3n) is 3.90. The third kappa shape index (κ3) is 4.50. The van der Waals surface area contributed by atoms with Crippen LogP contribution in [0.25, 0.3) is 0 Å². The summed E-state index contributed by atoms with van der Waals surface area (Å²) in [6.45, 7) is 4.12. The lowest BCUT2D eigenvalue weighted by atomic mass is 10.1. The van der Waals surface area contributed by atoms with E-state index in [1.54, 1.807) is 7.11 Å². The van der Waals surface area contributed by atoms with Crippen molar-refractivity contribution in [2.24, 2.45) is 0 Å². The van der Waals surface area contributed by atoms with E-state index in [1.807, 2.05) is 12.1 Å². The molecule has 0 heterocycles. The van der Waals surface area contributed by atoms with E-state index in [9.17, 15) is 0 Å². The average Bonchev–Trinajstić information content (AvgIpc) is 3.00. The highest BCUT2D eigenvalue weighted by atomic mass is 16.5. The van der Waals surface area contributed by atoms with Crippen molar-refractivity contribution in [3.05, 3.63) is 29.8 Å². The molecule has 1 atom stereocenters. The van der Waals surface area contributed by atoms with Gasteiger partial charge in [0.25, 0.3) is 0 Å². The SMILES string of the molecule is CCCNCC(OC1CCCC1)c1ccc(OC)cc1. The maximum Gasteiger partial charge on any atom is 0.118 e. The molecule has 1 aromatic rings. The highest BCUT2D eigenvalue weighted by Crippen LogP contribution is 2.28. The van der Waals surface area contributed by atoms with Crippen LogP contribution in [-0.2, 0) is 4.74 Å². The monoisotopic (exact) mass is 277 g/mol. The predicted octanol–water partition coefficient (Wildman–Crippen LogP) is 3.70. The van der Waals surface area contributed by atoms with E-state index < -0.39 is 0 Å². The minimum absolute atomic E-state index is 0.149. The van der Waals surface area contributed by atoms with Gasteiger partial charge in [0.1, 0.15) is 5.75 Å². The summed E-state index contributed by atoms with van der Waals surface area (Å²) < 4.78 is 11.5. The van der Waals surface area contributed by atoms with Gasteiger partial charge in [-0.25, -0.2) is 0 Å². The minimum atomic E-state index is 0.149. The number of hydrogen-bond donors (Lipinski definition) is 1. The zero-order valence-electron chi connectivity index (χ0n) is 12.7. The van der Waals surface area contributed by atoms with Crippen LogP contribution in [0.3, 0.4) is 0 Å². The fourth-order valence-electron chi connectivity index (χ4n) is 2.73. The van der Waals surface area contributed by atoms with E-state index in [2.05, 4.69) is 24.4 Å². The van der Waals surface area contributed by atoms with E-state index in [0.717, 1.165) is 25.3 Å². The van der Waals surface area contributed by atoms with Crippen molar-refractivity contribution in [1.29, 1.82) is 0 Å². The highest BCUT2D eigenvalue weighted by Gasteiger charge is 2.21. The first kappa shape index (κ1) is 15.3. The van der Waals surface area contributed by atoms with Crippen LogP contribution in [0.4, 0.5) is 0 Å². The lowest BCUT2D eigenvalue weighted by Gasteiger charge is -2.23. The Morgan fingerprint density at radius 2 is 1.90 bits per heavy atom. The second kappa shape index (κ2) is 8.28. The van der Waals surface area contributed by atoms with E-state index in [4.69, 9.17) is 9.47 Å². The molecule has 2 rings (SSSR count). The van der Waals surface area contributed by atoms with Crippen LogP contribution < -0.4 is 10.1 Å². The van der Waals surface area contributed by atoms with Crippen molar-refractivity contribution in [2.75, 3.05) is 20.2 Å². The van der Waals surface area contributed by atoms with Gasteiger partial charge >= 0.3 is 0 Å². The molecule has 0 radical (unpaired) electrons. The molecule has 112 valence electrons. The molecule has 1 aliphatic carbocycles. The molecule has 0 aliphatic heterocycles. The molecular weight excluding hydrogens is 250 g/mol. The van der Waals surface area contributed by atoms with Crippen LogP contribution in [0.15, 0.2) is 24.3 Å². The summed E-state index contributed by atoms with van der Waals surface area (Å²) in [4.78, 5) is 0. The average molecular weight is 277 g/mol. The molecule has 1 aliphatic rings. The first-order valence-corrected chi connectivity index (χ1v) is 7.83. The standard InChI is InChI=1S/C17H27NO2/c1-3-12-18-13-17(20-16-6-4-5-7-16)14-8-10-15(19-2)11-9-14/h8-11,16-18H,3-7,12-13H2,1-2H3. The molecule has 1 aromatic carbocycles. The molecule has 1 unspecified atom stereocenters. The van der Waals surface area contributed by atoms with Gasteiger partial charge < -0.3 is 14.8 Å². The molecule has 3 heteroatoms. The quantitative estimate of drug-likeness (QED) is 0.735. The second-order valence-corrected chi connectivity index (χ2v) is 5.51. The van der Waals surface area contributed by atoms with Gasteiger partial charge in [-0.3, -0.25) is 0 Å². The van der Waals surface area contributed by atoms with Gasteiger partial charge in [0.2, 0.25) is 0 Å². The molecule has 0 bridgehead atoms. The molecule has 1 fully saturated rings. The molecule has 0 saturated heterocycles. The lowest BCUT2D eigenvalue weighted by Crippen LogP contribution is -2.26. The van der Waals surface area contributed by atoms with Gasteiger partial charge in [-0.05, 0) is 43.5 Å². The van der Waals surface area contributed by atoms with E-state index in [-0.39, 0.29) is 6.10 Å². The summed E-state index contributed by atoms with van der Waals surface area (Å²) >= 11 is 0. The maximum absolute atomic E-state index is 6.31. The number of ether oxygens (including phenoxy) is 2. The van der Waals surface area contributed by atoms with E-state index >= 15 is 0 Å². The van der Waals surface area contributed by atoms with Crippen molar-refractivity contribution in [2.45, 2.75) is 51.2 Å². The number of nitrogens with one attached hydrogen (secondary N) is 1. The highest BCUT2D eigenvalue weighted by molar-refractivity contribution is 5.28. The number of methoxy groups -OCH3 is 1. The topological polar surface area (TPSA) is 30.5 Å². The summed E-state index contributed by atoms with van der Waals surface area (Å²) in [7, 11) is 1.70. The summed E-state index contributed by atoms with van der Waals surface area (Å²) in [5.74, 6) is 0.898. The van der Waals surface area contributed by atoms with Gasteiger partial charge in [-0.1, -0.05) is 31.9 Å². The normalized spacial score (nSPS) is 17.3. The Labute approximate surface area is 122 Å². The molecule has 1 N–H and O–H groups in total. The smallest absolute Gasteiger partial charge is 0.118 e. The van der Waals surface area contributed by atoms with Crippen molar-refractivity contribution < 1.29 is 9.47 Å². The van der Waals surface area contributed by atoms with Crippen molar-refractivity contribution >= 4 is 0 Å². The molecule has 3 nitrogen and oxygen atoms in total. The van der Waals surface area contributed by atoms with Crippen molar-refractivity contribution in [3.63, 3.8) is 0 Å². The van der Waals surface area contributed by atoms with Gasteiger partial charge in [0.05, 0.1) is 19.3 Å². The predicted molar refractivity (Wildman–Crippen MR) is 82.2 cm³/mol. The zero-order valence-corrected chi connectivity index (χ0v) is 12.7. The van der Waals surface area contributed by atoms with Crippen LogP contribution >= 0.6 is 0 Å². The molecule has 20 heavy (non-hydrogen) atoms. The van der Waals surface area contributed by atoms with Gasteiger partial charge in [0, 0.05) is 6.54 Å². The first-order chi connectivity index (χ1) is 9.83. The van der Waals surface area contributed by atoms with Crippen LogP contribution in [0.2, 0.25) is 0 Å². The molecule has 0 aromatic heterocycles. The second-order valence-electron chi connectivity index (χ2n) is 5.51. The van der Waals surface area contributed by atoms with Gasteiger partial charge in [-0.15, -0.1) is 0 Å². The van der Waals surface area contributed by atoms with E-state index in [0.29, 0.717) is 6.10 Å². The molecule has 1 saturated carbocycles. The summed E-state index contributed by atoms with van der Waals surface area (Å²) in [5.41, 5.74) is 1.24. The largest absolute Gasteiger partial charge is 0.497 e. The Morgan fingerprint density at radius 3 is 2.50 bits per heavy atom. The third-order valence-corrected chi connectivity index (χ3v) is 3.90. The Balaban J connectivity index is 1.98. The van der Waals surface area contributed by atoms with Crippen molar-refractivity contribution in [1.82, 2.24) is 5.32 Å². The lowest BCUT2D eigenvalue weighted by molar-refractivity contribution is -0.00865. The molecular formula is C17H27NO2. The summed E-state index contributed by atoms with van der Waals surface area (Å²) in [5, 5.41) is 3.48. The van der Waals surface area contributed by atoms with Gasteiger partial charge in [-0.2, -0.15) is 0 Å². The van der Waals surface area contributed by atoms with Crippen molar-refractivity contribution in [3.8, 4) is 5.75 Å². The zero-order chi connectivity index (χ0) is 14.2. The number of rotatable bonds is 8. The molecule has 0 amide bonds. The summed E-state index contributed by atoms with van der Waals surface area (Å²) in [6, 6.07) is 8.26. The van der Waals surface area contributed by atoms with Crippen LogP contribution in [0.1, 0.15) is 50.7 Å². The summed E-state index contributed by atoms with van der Waals surface area (Å²) in [6.07, 6.45) is 6.77. The van der Waals surface area contributed by atoms with Crippen LogP contribution in [-0.4, -0.2) is 26.3 Å². The fourth-order valence-corrected chi connectivity index (χ4v) is 2.73. The Hall–Kier alpha value is -1.06. The first-order valence-electron chi connectivity index (χ1n) is 7.83. The fraction of sp³-hybridized carbons (Fsp3) is 0.647. The van der Waals surface area contributed by atoms with Crippen LogP contribution in [0.5, 0.6) is 5.75 Å². The Kier molecular flexibility index (Phi) is 6.34. The van der Waals surface area contributed by atoms with Crippen LogP contribution in [0, 0.1) is 0 Å². The van der Waals surface area contributed by atoms with Gasteiger partial charge in [0.15, 0.2) is 0 Å².